The predicted molar refractivity (Wildman–Crippen MR) is 170 cm³/mol. The highest BCUT2D eigenvalue weighted by molar-refractivity contribution is 14.1. The van der Waals surface area contributed by atoms with Gasteiger partial charge in [0.05, 0.1) is 18.1 Å². The number of hydrogen-bond acceptors (Lipinski definition) is 4. The molecule has 5 nitrogen and oxygen atoms in total. The van der Waals surface area contributed by atoms with Crippen molar-refractivity contribution in [3.05, 3.63) is 134 Å². The molecule has 0 radical (unpaired) electrons. The molecule has 1 heterocycles. The molecule has 1 unspecified atom stereocenters. The Bertz CT molecular complexity index is 1490. The molecule has 42 heavy (non-hydrogen) atoms. The van der Waals surface area contributed by atoms with Crippen molar-refractivity contribution in [2.75, 3.05) is 11.4 Å². The summed E-state index contributed by atoms with van der Waals surface area (Å²) in [5, 5.41) is 17.3. The van der Waals surface area contributed by atoms with Crippen LogP contribution in [-0.4, -0.2) is 29.7 Å². The highest BCUT2D eigenvalue weighted by atomic mass is 127. The predicted octanol–water partition coefficient (Wildman–Crippen LogP) is 6.07. The largest absolute Gasteiger partial charge is 0.390 e. The Hall–Kier alpha value is -3.34. The molecule has 218 valence electrons. The second-order valence-electron chi connectivity index (χ2n) is 10.9. The Morgan fingerprint density at radius 3 is 2.21 bits per heavy atom. The highest BCUT2D eigenvalue weighted by Gasteiger charge is 2.26. The Balaban J connectivity index is 1.24. The third-order valence-corrected chi connectivity index (χ3v) is 8.41. The molecule has 0 saturated carbocycles. The quantitative estimate of drug-likeness (QED) is 0.168. The number of nitrogens with one attached hydrogen (secondary N) is 2. The maximum Gasteiger partial charge on any atom is 0.227 e. The van der Waals surface area contributed by atoms with Gasteiger partial charge in [0.15, 0.2) is 0 Å². The highest BCUT2D eigenvalue weighted by Crippen LogP contribution is 2.29. The van der Waals surface area contributed by atoms with Gasteiger partial charge in [-0.15, -0.1) is 0 Å². The molecule has 0 aromatic heterocycles. The van der Waals surface area contributed by atoms with E-state index < -0.39 is 29.7 Å². The summed E-state index contributed by atoms with van der Waals surface area (Å²) in [5.74, 6) is -2.16. The first-order valence-corrected chi connectivity index (χ1v) is 15.1. The molecule has 8 heteroatoms. The van der Waals surface area contributed by atoms with E-state index in [0.717, 1.165) is 39.5 Å². The second kappa shape index (κ2) is 13.8. The van der Waals surface area contributed by atoms with Gasteiger partial charge < -0.3 is 20.6 Å². The number of halogens is 3. The number of hydrogen-bond donors (Lipinski definition) is 3. The van der Waals surface area contributed by atoms with Crippen LogP contribution in [0.2, 0.25) is 0 Å². The third kappa shape index (κ3) is 7.73. The molecule has 1 amide bonds. The summed E-state index contributed by atoms with van der Waals surface area (Å²) in [7, 11) is 0. The average molecular weight is 682 g/mol. The minimum atomic E-state index is -0.991. The van der Waals surface area contributed by atoms with Crippen LogP contribution in [0, 0.1) is 15.2 Å². The first kappa shape index (κ1) is 30.1. The standard InChI is InChI=1S/C34H34F2IN3O2/c1-22(25-9-11-31(12-10-25)40-20-26-6-2-3-7-27(26)21-40)34(42)39-32(16-24-13-28(35)17-29(36)14-24)33(41)19-38-18-23-5-4-8-30(37)15-23/h2-15,17,22,32-33,38,41H,16,18-21H2,1H3,(H,39,42)/t22?,32-,33-/m1/s1. The number of benzene rings is 4. The fourth-order valence-corrected chi connectivity index (χ4v) is 5.98. The third-order valence-electron chi connectivity index (χ3n) is 7.73. The van der Waals surface area contributed by atoms with E-state index in [1.54, 1.807) is 0 Å². The number of anilines is 1. The summed E-state index contributed by atoms with van der Waals surface area (Å²) >= 11 is 2.25. The number of rotatable bonds is 11. The van der Waals surface area contributed by atoms with Crippen molar-refractivity contribution < 1.29 is 18.7 Å². The average Bonchev–Trinajstić information content (AvgIpc) is 3.40. The Morgan fingerprint density at radius 1 is 0.905 bits per heavy atom. The number of aliphatic hydroxyl groups is 1. The van der Waals surface area contributed by atoms with Crippen molar-refractivity contribution in [3.8, 4) is 0 Å². The lowest BCUT2D eigenvalue weighted by Crippen LogP contribution is -2.49. The van der Waals surface area contributed by atoms with Gasteiger partial charge in [-0.2, -0.15) is 0 Å². The van der Waals surface area contributed by atoms with Gasteiger partial charge >= 0.3 is 0 Å². The van der Waals surface area contributed by atoms with E-state index in [0.29, 0.717) is 12.1 Å². The van der Waals surface area contributed by atoms with Gasteiger partial charge in [0.2, 0.25) is 5.91 Å². The van der Waals surface area contributed by atoms with Gasteiger partial charge in [0.1, 0.15) is 11.6 Å². The first-order chi connectivity index (χ1) is 20.2. The molecule has 0 saturated heterocycles. The SMILES string of the molecule is CC(C(=O)N[C@H](Cc1cc(F)cc(F)c1)[C@H](O)CNCc1cccc(I)c1)c1ccc(N2Cc3ccccc3C2)cc1. The molecule has 0 fully saturated rings. The minimum absolute atomic E-state index is 0.0771. The van der Waals surface area contributed by atoms with E-state index >= 15 is 0 Å². The topological polar surface area (TPSA) is 64.6 Å². The summed E-state index contributed by atoms with van der Waals surface area (Å²) < 4.78 is 29.0. The second-order valence-corrected chi connectivity index (χ2v) is 12.1. The molecule has 4 aromatic rings. The van der Waals surface area contributed by atoms with Gasteiger partial charge in [-0.05, 0) is 100 Å². The van der Waals surface area contributed by atoms with Crippen LogP contribution in [0.25, 0.3) is 0 Å². The number of amides is 1. The van der Waals surface area contributed by atoms with Crippen LogP contribution in [0.3, 0.4) is 0 Å². The Labute approximate surface area is 259 Å². The van der Waals surface area contributed by atoms with Gasteiger partial charge in [-0.1, -0.05) is 48.5 Å². The van der Waals surface area contributed by atoms with Crippen LogP contribution in [0.4, 0.5) is 14.5 Å². The Morgan fingerprint density at radius 2 is 1.57 bits per heavy atom. The molecule has 5 rings (SSSR count). The summed E-state index contributed by atoms with van der Waals surface area (Å²) in [6, 6.07) is 26.9. The van der Waals surface area contributed by atoms with Crippen LogP contribution in [0.15, 0.2) is 91.0 Å². The molecule has 1 aliphatic heterocycles. The van der Waals surface area contributed by atoms with E-state index in [1.807, 2.05) is 55.5 Å². The van der Waals surface area contributed by atoms with Crippen molar-refractivity contribution >= 4 is 34.2 Å². The zero-order chi connectivity index (χ0) is 29.6. The summed E-state index contributed by atoms with van der Waals surface area (Å²) in [6.07, 6.45) is -0.914. The maximum absolute atomic E-state index is 13.9. The van der Waals surface area contributed by atoms with E-state index in [2.05, 4.69) is 62.4 Å². The fourth-order valence-electron chi connectivity index (χ4n) is 5.37. The van der Waals surface area contributed by atoms with Crippen LogP contribution < -0.4 is 15.5 Å². The van der Waals surface area contributed by atoms with Crippen LogP contribution >= 0.6 is 22.6 Å². The molecule has 1 aliphatic rings. The molecule has 3 atom stereocenters. The number of nitrogens with zero attached hydrogens (tertiary/aromatic N) is 1. The lowest BCUT2D eigenvalue weighted by molar-refractivity contribution is -0.123. The normalized spacial score (nSPS) is 14.7. The van der Waals surface area contributed by atoms with Gasteiger partial charge in [0, 0.05) is 41.5 Å². The molecular formula is C34H34F2IN3O2. The van der Waals surface area contributed by atoms with Crippen LogP contribution in [0.1, 0.15) is 40.7 Å². The molecule has 0 spiro atoms. The van der Waals surface area contributed by atoms with Crippen LogP contribution in [0.5, 0.6) is 0 Å². The summed E-state index contributed by atoms with van der Waals surface area (Å²) in [5.41, 5.74) is 6.00. The van der Waals surface area contributed by atoms with Crippen molar-refractivity contribution in [2.45, 2.75) is 51.0 Å². The van der Waals surface area contributed by atoms with E-state index in [4.69, 9.17) is 0 Å². The van der Waals surface area contributed by atoms with Crippen molar-refractivity contribution in [3.63, 3.8) is 0 Å². The van der Waals surface area contributed by atoms with E-state index in [-0.39, 0.29) is 18.9 Å². The van der Waals surface area contributed by atoms with Crippen molar-refractivity contribution in [2.24, 2.45) is 0 Å². The van der Waals surface area contributed by atoms with Gasteiger partial charge in [0.25, 0.3) is 0 Å². The maximum atomic E-state index is 13.9. The molecule has 0 bridgehead atoms. The van der Waals surface area contributed by atoms with E-state index in [1.165, 1.54) is 23.3 Å². The van der Waals surface area contributed by atoms with Crippen molar-refractivity contribution in [1.29, 1.82) is 0 Å². The minimum Gasteiger partial charge on any atom is -0.390 e. The lowest BCUT2D eigenvalue weighted by atomic mass is 9.96. The Kier molecular flexibility index (Phi) is 9.87. The monoisotopic (exact) mass is 681 g/mol. The molecule has 0 aliphatic carbocycles. The number of carbonyl (C=O) groups excluding carboxylic acids is 1. The van der Waals surface area contributed by atoms with Crippen molar-refractivity contribution in [1.82, 2.24) is 10.6 Å². The smallest absolute Gasteiger partial charge is 0.227 e. The zero-order valence-corrected chi connectivity index (χ0v) is 25.5. The number of carbonyl (C=O) groups is 1. The lowest BCUT2D eigenvalue weighted by Gasteiger charge is -2.27. The number of aliphatic hydroxyl groups excluding tert-OH is 1. The fraction of sp³-hybridized carbons (Fsp3) is 0.265. The van der Waals surface area contributed by atoms with Crippen LogP contribution in [-0.2, 0) is 30.8 Å². The first-order valence-electron chi connectivity index (χ1n) is 14.1. The number of fused-ring (bicyclic) bond motifs is 1. The van der Waals surface area contributed by atoms with Gasteiger partial charge in [-0.25, -0.2) is 8.78 Å². The summed E-state index contributed by atoms with van der Waals surface area (Å²) in [6.45, 7) is 4.24. The molecule has 3 N–H and O–H groups in total. The zero-order valence-electron chi connectivity index (χ0n) is 23.4. The van der Waals surface area contributed by atoms with E-state index in [9.17, 15) is 18.7 Å². The summed E-state index contributed by atoms with van der Waals surface area (Å²) in [4.78, 5) is 15.7. The molecule has 4 aromatic carbocycles. The van der Waals surface area contributed by atoms with Gasteiger partial charge in [-0.3, -0.25) is 4.79 Å². The molecular weight excluding hydrogens is 647 g/mol.